The van der Waals surface area contributed by atoms with Gasteiger partial charge in [-0.1, -0.05) is 158 Å². The Kier molecular flexibility index (Phi) is 22.8. The van der Waals surface area contributed by atoms with Crippen LogP contribution in [0.5, 0.6) is 0 Å². The molecule has 0 amide bonds. The average Bonchev–Trinajstić information content (AvgIpc) is 3.23. The molecule has 0 radical (unpaired) electrons. The first kappa shape index (κ1) is 64.5. The lowest BCUT2D eigenvalue weighted by Gasteiger charge is -2.34. The third kappa shape index (κ3) is 19.9. The maximum Gasteiger partial charge on any atom is 0.485 e. The van der Waals surface area contributed by atoms with E-state index in [2.05, 4.69) is 116 Å². The van der Waals surface area contributed by atoms with Gasteiger partial charge < -0.3 is 20.6 Å². The Hall–Kier alpha value is -5.64. The van der Waals surface area contributed by atoms with E-state index < -0.39 is 31.3 Å². The minimum absolute atomic E-state index is 0.0849. The standard InChI is InChI=1S/C50H60Cl2N4O2.2CHF3O3S/c1-33(17-13-19-35(3)21-23-43-37(5)47(57)45(27-49(43,7)8)55-29-39(51)25-41(53)31-55)15-11-12-16-34(2)18-14-20-36(4)22-24-44-38(6)48(58)46(28-50(44,9)10)56-30-40(52)26-42(54)32-56;2*2-1(3,4)8(5,6)7/h11-26,29-32,45-46H,27-28,53-54H2,1-10H3;2*(H,5,6,7)/q+2;;/p-2/b12-11+,17-13+,18-14+,23-21+,24-22+,33-15+,34-16+,35-19+,36-20+;;/t45-,46-;;/m1../s1. The molecule has 2 heterocycles. The highest BCUT2D eigenvalue weighted by atomic mass is 35.5. The first-order chi connectivity index (χ1) is 33.7. The van der Waals surface area contributed by atoms with Crippen LogP contribution in [-0.4, -0.2) is 48.5 Å². The minimum Gasteiger partial charge on any atom is -0.741 e. The minimum atomic E-state index is -6.09. The Balaban J connectivity index is 0.00000101. The monoisotopic (exact) mass is 1120 g/mol. The van der Waals surface area contributed by atoms with Crippen molar-refractivity contribution in [2.24, 2.45) is 10.8 Å². The van der Waals surface area contributed by atoms with E-state index in [9.17, 15) is 35.9 Å². The van der Waals surface area contributed by atoms with Crippen LogP contribution in [0.4, 0.5) is 37.7 Å². The van der Waals surface area contributed by atoms with Crippen LogP contribution in [0, 0.1) is 10.8 Å². The molecule has 2 atom stereocenters. The van der Waals surface area contributed by atoms with Crippen LogP contribution in [0.3, 0.4) is 0 Å². The van der Waals surface area contributed by atoms with Gasteiger partial charge in [0.25, 0.3) is 0 Å². The Morgan fingerprint density at radius 1 is 0.581 bits per heavy atom. The van der Waals surface area contributed by atoms with Crippen LogP contribution in [0.2, 0.25) is 10.0 Å². The van der Waals surface area contributed by atoms with E-state index in [1.807, 2.05) is 47.3 Å². The zero-order valence-electron chi connectivity index (χ0n) is 42.3. The number of hydrogen-bond donors (Lipinski definition) is 2. The number of halogens is 8. The summed E-state index contributed by atoms with van der Waals surface area (Å²) < 4.78 is 122. The van der Waals surface area contributed by atoms with Crippen LogP contribution in [0.1, 0.15) is 94.2 Å². The summed E-state index contributed by atoms with van der Waals surface area (Å²) in [4.78, 5) is 26.9. The summed E-state index contributed by atoms with van der Waals surface area (Å²) in [5.74, 6) is 0.170. The zero-order chi connectivity index (χ0) is 56.9. The number of ketones is 2. The Bertz CT molecular complexity index is 2790. The van der Waals surface area contributed by atoms with Gasteiger partial charge >= 0.3 is 11.0 Å². The van der Waals surface area contributed by atoms with Crippen molar-refractivity contribution in [3.8, 4) is 0 Å². The van der Waals surface area contributed by atoms with Crippen LogP contribution >= 0.6 is 23.2 Å². The van der Waals surface area contributed by atoms with Crippen molar-refractivity contribution in [3.63, 3.8) is 0 Å². The number of nitrogens with zero attached hydrogens (tertiary/aromatic N) is 2. The van der Waals surface area contributed by atoms with Crippen molar-refractivity contribution >= 4 is 66.4 Å². The fourth-order valence-electron chi connectivity index (χ4n) is 7.64. The van der Waals surface area contributed by atoms with Gasteiger partial charge in [0.15, 0.2) is 45.0 Å². The lowest BCUT2D eigenvalue weighted by molar-refractivity contribution is -0.710. The molecule has 2 aromatic rings. The Labute approximate surface area is 439 Å². The van der Waals surface area contributed by atoms with E-state index in [0.717, 1.165) is 44.6 Å². The Morgan fingerprint density at radius 2 is 0.851 bits per heavy atom. The number of hydrogen-bond acceptors (Lipinski definition) is 10. The fourth-order valence-corrected chi connectivity index (χ4v) is 8.11. The van der Waals surface area contributed by atoms with Gasteiger partial charge in [-0.05, 0) is 75.7 Å². The number of rotatable bonds is 12. The number of alkyl halides is 6. The molecule has 2 aliphatic rings. The number of aromatic nitrogens is 2. The number of pyridine rings is 2. The summed E-state index contributed by atoms with van der Waals surface area (Å²) in [6.45, 7) is 20.8. The second-order valence-electron chi connectivity index (χ2n) is 18.7. The van der Waals surface area contributed by atoms with E-state index in [0.29, 0.717) is 34.3 Å². The van der Waals surface area contributed by atoms with Gasteiger partial charge in [-0.2, -0.15) is 35.5 Å². The summed E-state index contributed by atoms with van der Waals surface area (Å²) in [7, 11) is -12.2. The maximum absolute atomic E-state index is 13.4. The van der Waals surface area contributed by atoms with Crippen molar-refractivity contribution in [2.45, 2.75) is 105 Å². The summed E-state index contributed by atoms with van der Waals surface area (Å²) in [5, 5.41) is 1.03. The van der Waals surface area contributed by atoms with Gasteiger partial charge in [-0.25, -0.2) is 16.8 Å². The molecule has 0 fully saturated rings. The van der Waals surface area contributed by atoms with E-state index in [-0.39, 0.29) is 34.5 Å². The summed E-state index contributed by atoms with van der Waals surface area (Å²) >= 11 is 12.5. The van der Waals surface area contributed by atoms with Gasteiger partial charge in [0.1, 0.15) is 10.0 Å². The molecular weight excluding hydrogens is 1060 g/mol. The van der Waals surface area contributed by atoms with Crippen molar-refractivity contribution < 1.29 is 71.0 Å². The molecule has 0 spiro atoms. The van der Waals surface area contributed by atoms with Crippen molar-refractivity contribution in [2.75, 3.05) is 11.5 Å². The van der Waals surface area contributed by atoms with Crippen LogP contribution in [-0.2, 0) is 29.8 Å². The van der Waals surface area contributed by atoms with Crippen molar-refractivity contribution in [1.29, 1.82) is 0 Å². The molecule has 4 N–H and O–H groups in total. The molecule has 12 nitrogen and oxygen atoms in total. The largest absolute Gasteiger partial charge is 0.741 e. The van der Waals surface area contributed by atoms with Gasteiger partial charge in [0, 0.05) is 24.0 Å². The molecule has 2 aliphatic carbocycles. The van der Waals surface area contributed by atoms with Gasteiger partial charge in [0.2, 0.25) is 23.7 Å². The molecule has 74 heavy (non-hydrogen) atoms. The highest BCUT2D eigenvalue weighted by Crippen LogP contribution is 2.44. The number of Topliss-reactive ketones (excluding diaryl/α,β-unsaturated/α-hetero) is 2. The molecule has 0 aromatic carbocycles. The molecular formula is C52H60Cl2F6N4O8S2. The van der Waals surface area contributed by atoms with Crippen LogP contribution in [0.15, 0.2) is 167 Å². The summed E-state index contributed by atoms with van der Waals surface area (Å²) in [6, 6.07) is 2.68. The van der Waals surface area contributed by atoms with Gasteiger partial charge in [-0.15, -0.1) is 0 Å². The average molecular weight is 1120 g/mol. The number of carbonyl (C=O) groups excluding carboxylic acids is 2. The van der Waals surface area contributed by atoms with Crippen LogP contribution < -0.4 is 20.6 Å². The Morgan fingerprint density at radius 3 is 1.12 bits per heavy atom. The number of anilines is 2. The molecule has 0 aliphatic heterocycles. The van der Waals surface area contributed by atoms with E-state index in [4.69, 9.17) is 60.6 Å². The van der Waals surface area contributed by atoms with E-state index in [1.165, 1.54) is 0 Å². The third-order valence-electron chi connectivity index (χ3n) is 11.3. The molecule has 0 bridgehead atoms. The number of allylic oxidation sites excluding steroid dienone is 22. The molecule has 404 valence electrons. The molecule has 22 heteroatoms. The summed E-state index contributed by atoms with van der Waals surface area (Å²) in [5.41, 5.74) is 9.41. The first-order valence-electron chi connectivity index (χ1n) is 22.3. The van der Waals surface area contributed by atoms with Crippen molar-refractivity contribution in [1.82, 2.24) is 0 Å². The maximum atomic E-state index is 13.4. The van der Waals surface area contributed by atoms with Gasteiger partial charge in [0.05, 0.1) is 11.4 Å². The SMILES string of the molecule is CC1=C(/C=C/C(C)=C/C=C/C(C)=C/C=C/C=C(C)/C=C/C=C(C)/C=C/C2=C(C)C(=O)[C@H]([n+]3cc(N)cc(Cl)c3)CC2(C)C)C(C)(C)C[C@@H]([n+]2cc(N)cc(Cl)c2)C1=O.O=S(=O)([O-])C(F)(F)F.O=S(=O)([O-])C(F)(F)F. The fraction of sp³-hybridized carbons (Fsp3) is 0.346. The second-order valence-corrected chi connectivity index (χ2v) is 22.3. The lowest BCUT2D eigenvalue weighted by atomic mass is 9.70. The van der Waals surface area contributed by atoms with E-state index >= 15 is 0 Å². The van der Waals surface area contributed by atoms with Crippen LogP contribution in [0.25, 0.3) is 0 Å². The zero-order valence-corrected chi connectivity index (χ0v) is 45.4. The smallest absolute Gasteiger partial charge is 0.485 e. The van der Waals surface area contributed by atoms with E-state index in [1.54, 1.807) is 36.9 Å². The number of nitrogens with two attached hydrogens (primary N) is 2. The predicted octanol–water partition coefficient (Wildman–Crippen LogP) is 11.8. The molecule has 0 unspecified atom stereocenters. The highest BCUT2D eigenvalue weighted by Gasteiger charge is 2.44. The van der Waals surface area contributed by atoms with Crippen molar-refractivity contribution in [3.05, 3.63) is 177 Å². The lowest BCUT2D eigenvalue weighted by Crippen LogP contribution is -2.48. The molecule has 0 saturated heterocycles. The molecule has 4 rings (SSSR count). The topological polar surface area (TPSA) is 208 Å². The predicted molar refractivity (Wildman–Crippen MR) is 275 cm³/mol. The van der Waals surface area contributed by atoms with Gasteiger partial charge in [-0.3, -0.25) is 9.59 Å². The quantitative estimate of drug-likeness (QED) is 0.0675. The summed E-state index contributed by atoms with van der Waals surface area (Å²) in [6.07, 6.45) is 37.3. The molecule has 0 saturated carbocycles. The second kappa shape index (κ2) is 26.2. The first-order valence-corrected chi connectivity index (χ1v) is 25.8. The number of nitrogen functional groups attached to an aromatic ring is 2. The highest BCUT2D eigenvalue weighted by molar-refractivity contribution is 7.86. The number of carbonyl (C=O) groups is 2. The normalized spacial score (nSPS) is 19.8. The third-order valence-corrected chi connectivity index (χ3v) is 12.9. The molecule has 2 aromatic heterocycles.